The molecule has 0 saturated heterocycles. The lowest BCUT2D eigenvalue weighted by molar-refractivity contribution is -0.139. The van der Waals surface area contributed by atoms with E-state index in [0.29, 0.717) is 32.9 Å². The van der Waals surface area contributed by atoms with Gasteiger partial charge in [0.2, 0.25) is 0 Å². The van der Waals surface area contributed by atoms with E-state index in [-0.39, 0.29) is 0 Å². The van der Waals surface area contributed by atoms with Crippen molar-refractivity contribution in [3.8, 4) is 11.5 Å². The number of carboxylic acid groups (broad SMARTS) is 1. The topological polar surface area (TPSA) is 80.1 Å². The summed E-state index contributed by atoms with van der Waals surface area (Å²) in [6.45, 7) is 1.37. The molecule has 0 bridgehead atoms. The highest BCUT2D eigenvalue weighted by molar-refractivity contribution is 6.42. The van der Waals surface area contributed by atoms with Crippen LogP contribution in [0.4, 0.5) is 5.69 Å². The zero-order chi connectivity index (χ0) is 18.4. The largest absolute Gasteiger partial charge is 0.493 e. The number of carboxylic acids is 1. The Morgan fingerprint density at radius 1 is 1.16 bits per heavy atom. The van der Waals surface area contributed by atoms with Crippen molar-refractivity contribution in [3.63, 3.8) is 0 Å². The highest BCUT2D eigenvalue weighted by Gasteiger charge is 2.09. The first kappa shape index (κ1) is 18.9. The number of hydrogen-bond donors (Lipinski definition) is 2. The van der Waals surface area contributed by atoms with Gasteiger partial charge in [-0.15, -0.1) is 0 Å². The average molecular weight is 383 g/mol. The monoisotopic (exact) mass is 382 g/mol. The molecule has 2 aromatic carbocycles. The molecule has 0 amide bonds. The SMILES string of the molecule is COc1cc(/C(C)=N\Nc2ccc(Cl)c(Cl)c2)ccc1OCC(=O)O. The van der Waals surface area contributed by atoms with Gasteiger partial charge < -0.3 is 14.6 Å². The van der Waals surface area contributed by atoms with Gasteiger partial charge in [0.15, 0.2) is 18.1 Å². The van der Waals surface area contributed by atoms with Crippen LogP contribution in [0.5, 0.6) is 11.5 Å². The van der Waals surface area contributed by atoms with Crippen LogP contribution in [0.2, 0.25) is 10.0 Å². The lowest BCUT2D eigenvalue weighted by Gasteiger charge is -2.11. The van der Waals surface area contributed by atoms with E-state index >= 15 is 0 Å². The summed E-state index contributed by atoms with van der Waals surface area (Å²) in [5.41, 5.74) is 5.07. The van der Waals surface area contributed by atoms with Crippen LogP contribution in [0.15, 0.2) is 41.5 Å². The number of methoxy groups -OCH3 is 1. The number of ether oxygens (including phenoxy) is 2. The van der Waals surface area contributed by atoms with Crippen LogP contribution in [0.25, 0.3) is 0 Å². The van der Waals surface area contributed by atoms with Crippen LogP contribution in [-0.2, 0) is 4.79 Å². The standard InChI is InChI=1S/C17H16Cl2N2O4/c1-10(20-21-12-4-5-13(18)14(19)8-12)11-3-6-15(16(7-11)24-2)25-9-17(22)23/h3-8,21H,9H2,1-2H3,(H,22,23)/b20-10-. The van der Waals surface area contributed by atoms with Gasteiger partial charge in [-0.2, -0.15) is 5.10 Å². The Bertz CT molecular complexity index is 809. The number of aliphatic carboxylic acids is 1. The van der Waals surface area contributed by atoms with E-state index in [1.807, 2.05) is 6.92 Å². The molecule has 25 heavy (non-hydrogen) atoms. The number of carbonyl (C=O) groups is 1. The van der Waals surface area contributed by atoms with Gasteiger partial charge in [-0.3, -0.25) is 5.43 Å². The number of hydrogen-bond acceptors (Lipinski definition) is 5. The van der Waals surface area contributed by atoms with E-state index in [4.69, 9.17) is 37.8 Å². The Hall–Kier alpha value is -2.44. The van der Waals surface area contributed by atoms with E-state index in [1.54, 1.807) is 36.4 Å². The minimum Gasteiger partial charge on any atom is -0.493 e. The number of halogens is 2. The maximum absolute atomic E-state index is 10.6. The molecular weight excluding hydrogens is 367 g/mol. The summed E-state index contributed by atoms with van der Waals surface area (Å²) in [6.07, 6.45) is 0. The van der Waals surface area contributed by atoms with Crippen LogP contribution in [0.3, 0.4) is 0 Å². The summed E-state index contributed by atoms with van der Waals surface area (Å²) < 4.78 is 10.4. The van der Waals surface area contributed by atoms with Crippen molar-refractivity contribution in [3.05, 3.63) is 52.0 Å². The third-order valence-electron chi connectivity index (χ3n) is 3.20. The van der Waals surface area contributed by atoms with Crippen LogP contribution < -0.4 is 14.9 Å². The number of rotatable bonds is 7. The van der Waals surface area contributed by atoms with Crippen molar-refractivity contribution in [2.75, 3.05) is 19.1 Å². The van der Waals surface area contributed by atoms with Crippen LogP contribution >= 0.6 is 23.2 Å². The molecule has 0 aromatic heterocycles. The molecule has 2 N–H and O–H groups in total. The fraction of sp³-hybridized carbons (Fsp3) is 0.176. The summed E-state index contributed by atoms with van der Waals surface area (Å²) >= 11 is 11.8. The molecule has 0 atom stereocenters. The average Bonchev–Trinajstić information content (AvgIpc) is 2.60. The fourth-order valence-corrected chi connectivity index (χ4v) is 2.23. The van der Waals surface area contributed by atoms with E-state index in [1.165, 1.54) is 7.11 Å². The highest BCUT2D eigenvalue weighted by atomic mass is 35.5. The zero-order valence-electron chi connectivity index (χ0n) is 13.5. The Balaban J connectivity index is 2.15. The molecule has 2 rings (SSSR count). The number of hydrazone groups is 1. The van der Waals surface area contributed by atoms with Crippen molar-refractivity contribution < 1.29 is 19.4 Å². The third-order valence-corrected chi connectivity index (χ3v) is 3.94. The third kappa shape index (κ3) is 5.27. The molecule has 0 unspecified atom stereocenters. The quantitative estimate of drug-likeness (QED) is 0.551. The van der Waals surface area contributed by atoms with Crippen molar-refractivity contribution in [2.45, 2.75) is 6.92 Å². The second-order valence-electron chi connectivity index (χ2n) is 4.99. The van der Waals surface area contributed by atoms with E-state index in [2.05, 4.69) is 10.5 Å². The number of nitrogens with one attached hydrogen (secondary N) is 1. The second-order valence-corrected chi connectivity index (χ2v) is 5.80. The Kier molecular flexibility index (Phi) is 6.50. The molecule has 0 aliphatic heterocycles. The van der Waals surface area contributed by atoms with Gasteiger partial charge >= 0.3 is 5.97 Å². The zero-order valence-corrected chi connectivity index (χ0v) is 15.1. The van der Waals surface area contributed by atoms with Gasteiger partial charge in [-0.1, -0.05) is 23.2 Å². The molecule has 0 radical (unpaired) electrons. The Morgan fingerprint density at radius 2 is 1.92 bits per heavy atom. The predicted octanol–water partition coefficient (Wildman–Crippen LogP) is 4.30. The molecule has 0 heterocycles. The summed E-state index contributed by atoms with van der Waals surface area (Å²) in [5, 5.41) is 13.9. The Morgan fingerprint density at radius 3 is 2.56 bits per heavy atom. The van der Waals surface area contributed by atoms with E-state index in [9.17, 15) is 4.79 Å². The van der Waals surface area contributed by atoms with Crippen LogP contribution in [-0.4, -0.2) is 30.5 Å². The normalized spacial score (nSPS) is 11.1. The van der Waals surface area contributed by atoms with Gasteiger partial charge in [0, 0.05) is 5.56 Å². The molecule has 2 aromatic rings. The molecule has 0 spiro atoms. The Labute approximate surface area is 155 Å². The number of anilines is 1. The van der Waals surface area contributed by atoms with Crippen molar-refractivity contribution in [2.24, 2.45) is 5.10 Å². The lowest BCUT2D eigenvalue weighted by Crippen LogP contribution is -2.10. The molecule has 132 valence electrons. The molecule has 0 fully saturated rings. The molecular formula is C17H16Cl2N2O4. The summed E-state index contributed by atoms with van der Waals surface area (Å²) in [6, 6.07) is 10.2. The van der Waals surface area contributed by atoms with Gasteiger partial charge in [-0.05, 0) is 43.3 Å². The van der Waals surface area contributed by atoms with Crippen molar-refractivity contribution >= 4 is 40.6 Å². The fourth-order valence-electron chi connectivity index (χ4n) is 1.93. The predicted molar refractivity (Wildman–Crippen MR) is 98.4 cm³/mol. The maximum Gasteiger partial charge on any atom is 0.341 e. The smallest absolute Gasteiger partial charge is 0.341 e. The lowest BCUT2D eigenvalue weighted by atomic mass is 10.1. The number of benzene rings is 2. The van der Waals surface area contributed by atoms with Gasteiger partial charge in [-0.25, -0.2) is 4.79 Å². The van der Waals surface area contributed by atoms with Crippen molar-refractivity contribution in [1.82, 2.24) is 0 Å². The molecule has 0 aliphatic carbocycles. The van der Waals surface area contributed by atoms with Gasteiger partial charge in [0.1, 0.15) is 0 Å². The second kappa shape index (κ2) is 8.60. The summed E-state index contributed by atoms with van der Waals surface area (Å²) in [5.74, 6) is -0.295. The van der Waals surface area contributed by atoms with E-state index in [0.717, 1.165) is 5.56 Å². The minimum absolute atomic E-state index is 0.346. The van der Waals surface area contributed by atoms with Crippen LogP contribution in [0.1, 0.15) is 12.5 Å². The summed E-state index contributed by atoms with van der Waals surface area (Å²) in [7, 11) is 1.48. The first-order valence-electron chi connectivity index (χ1n) is 7.19. The first-order chi connectivity index (χ1) is 11.9. The van der Waals surface area contributed by atoms with E-state index < -0.39 is 12.6 Å². The van der Waals surface area contributed by atoms with Crippen LogP contribution in [0, 0.1) is 0 Å². The van der Waals surface area contributed by atoms with Crippen molar-refractivity contribution in [1.29, 1.82) is 0 Å². The maximum atomic E-state index is 10.6. The minimum atomic E-state index is -1.06. The van der Waals surface area contributed by atoms with Gasteiger partial charge in [0.05, 0.1) is 28.6 Å². The molecule has 0 saturated carbocycles. The van der Waals surface area contributed by atoms with Gasteiger partial charge in [0.25, 0.3) is 0 Å². The molecule has 6 nitrogen and oxygen atoms in total. The molecule has 0 aliphatic rings. The molecule has 8 heteroatoms. The highest BCUT2D eigenvalue weighted by Crippen LogP contribution is 2.28. The first-order valence-corrected chi connectivity index (χ1v) is 7.94. The summed E-state index contributed by atoms with van der Waals surface area (Å²) in [4.78, 5) is 10.6. The number of nitrogens with zero attached hydrogens (tertiary/aromatic N) is 1.